The van der Waals surface area contributed by atoms with Crippen LogP contribution in [0.2, 0.25) is 0 Å². The number of carbonyl (C=O) groups is 2. The molecule has 32 nitrogen and oxygen atoms in total. The van der Waals surface area contributed by atoms with Gasteiger partial charge < -0.3 is 29.1 Å². The van der Waals surface area contributed by atoms with E-state index in [9.17, 15) is 84.7 Å². The standard InChI is InChI=1S/C30H36N2O11S3.C30H36N2O8S2.3O3S/c1-29(2)24(31(16-8-18-44(35,36)37)21-11-5-10-20(26(21)29)28(33)34)14-7-15-25-30(3,4)27-22(12-6-13-23(27)46(41,42)43)32(25)17-9-19-45(38,39)40;1-29(2)22-12-5-6-13-23(22)31(17-9-19-41(35,36)37)25(29)15-8-16-26-30(3,4)27-21(28(33)34)11-7-14-24(27)32(26)18-10-20-42(38,39)40;3*1-4(2)3/h5-7,10-15H,8-9,16-19H2,1-4H3,(H3-,33,34,35,36,37,38,39,40,41,42,43);5-8,11-16H,9-10,17-20H2,1-4H3,(H2-,33,34,35,36,37,38,39,40);;;. The summed E-state index contributed by atoms with van der Waals surface area (Å²) in [5.41, 5.74) is 5.08. The van der Waals surface area contributed by atoms with E-state index >= 15 is 0 Å². The van der Waals surface area contributed by atoms with E-state index in [2.05, 4.69) is 13.8 Å². The highest BCUT2D eigenvalue weighted by atomic mass is 32.2. The summed E-state index contributed by atoms with van der Waals surface area (Å²) < 4.78 is 246. The Bertz CT molecular complexity index is 4960. The van der Waals surface area contributed by atoms with Gasteiger partial charge in [0.25, 0.3) is 30.4 Å². The summed E-state index contributed by atoms with van der Waals surface area (Å²) in [5.74, 6) is -4.24. The van der Waals surface area contributed by atoms with Gasteiger partial charge in [0, 0.05) is 101 Å². The summed E-state index contributed by atoms with van der Waals surface area (Å²) in [5, 5.41) is 19.9. The first-order valence-corrected chi connectivity index (χ1v) is 40.2. The van der Waals surface area contributed by atoms with Crippen LogP contribution in [0.1, 0.15) is 124 Å². The first-order chi connectivity index (χ1) is 45.7. The molecule has 0 aliphatic carbocycles. The molecule has 4 aromatic carbocycles. The third kappa shape index (κ3) is 22.3. The van der Waals surface area contributed by atoms with Gasteiger partial charge in [0.1, 0.15) is 18.0 Å². The summed E-state index contributed by atoms with van der Waals surface area (Å²) in [6.07, 6.45) is 11.1. The number of carboxylic acid groups (broad SMARTS) is 2. The monoisotopic (exact) mass is 1550 g/mol. The van der Waals surface area contributed by atoms with E-state index in [1.54, 1.807) is 77.9 Å². The van der Waals surface area contributed by atoms with E-state index in [0.717, 1.165) is 22.7 Å². The largest absolute Gasteiger partial charge is 0.748 e. The number of rotatable bonds is 23. The highest BCUT2D eigenvalue weighted by Crippen LogP contribution is 2.51. The Morgan fingerprint density at radius 1 is 0.460 bits per heavy atom. The number of benzene rings is 4. The van der Waals surface area contributed by atoms with E-state index in [-0.39, 0.29) is 61.3 Å². The SMILES string of the molecule is CC1(C)C(/C=C/C=C2/N(CCCS(=O)(=O)O)c3cccc(C(=O)O)c3C2(C)C)=[N+](CCCS(=O)(=O)[O-])c2cccc(S(=O)(=O)O)c21.CC1(C)C(=CC=CC2=[N+](CCCS(=O)(=O)O)c3cccc(C(=O)O)c3C2(C)C)N(CCCS(=O)(=O)[O-])c2ccccc21.O=S(=O)=O.O=S(=O)=O.O=S(=O)=O. The zero-order chi connectivity index (χ0) is 76.3. The number of allylic oxidation sites excluding steroid dienone is 8. The second-order valence-corrected chi connectivity index (χ2v) is 33.3. The normalized spacial score (nSPS) is 17.0. The fourth-order valence-electron chi connectivity index (χ4n) is 12.6. The number of fused-ring (bicyclic) bond motifs is 4. The molecule has 0 radical (unpaired) electrons. The maximum absolute atomic E-state index is 12.3. The van der Waals surface area contributed by atoms with Gasteiger partial charge in [0.15, 0.2) is 11.4 Å². The molecule has 5 N–H and O–H groups in total. The van der Waals surface area contributed by atoms with Gasteiger partial charge in [-0.3, -0.25) is 13.7 Å². The van der Waals surface area contributed by atoms with Crippen LogP contribution in [0.3, 0.4) is 0 Å². The number of hydrogen-bond acceptors (Lipinski definition) is 25. The molecule has 4 aliphatic heterocycles. The van der Waals surface area contributed by atoms with Gasteiger partial charge in [0.2, 0.25) is 11.4 Å². The molecule has 0 unspecified atom stereocenters. The molecule has 0 saturated carbocycles. The molecule has 0 aromatic heterocycles. The maximum atomic E-state index is 12.3. The lowest BCUT2D eigenvalue weighted by molar-refractivity contribution is -0.437. The molecule has 548 valence electrons. The van der Waals surface area contributed by atoms with E-state index in [4.69, 9.17) is 37.9 Å². The van der Waals surface area contributed by atoms with E-state index in [1.807, 2.05) is 79.7 Å². The smallest absolute Gasteiger partial charge is 0.425 e. The zero-order valence-corrected chi connectivity index (χ0v) is 61.2. The van der Waals surface area contributed by atoms with Crippen molar-refractivity contribution in [2.24, 2.45) is 0 Å². The number of aromatic carboxylic acids is 2. The number of nitrogens with zero attached hydrogens (tertiary/aromatic N) is 4. The fourth-order valence-corrected chi connectivity index (χ4v) is 15.5. The molecule has 4 aromatic rings. The first-order valence-electron chi connectivity index (χ1n) is 29.4. The third-order valence-corrected chi connectivity index (χ3v) is 20.4. The van der Waals surface area contributed by atoms with Crippen molar-refractivity contribution in [3.63, 3.8) is 0 Å². The van der Waals surface area contributed by atoms with Crippen molar-refractivity contribution in [1.29, 1.82) is 0 Å². The van der Waals surface area contributed by atoms with E-state index < -0.39 is 139 Å². The summed E-state index contributed by atoms with van der Waals surface area (Å²) in [4.78, 5) is 27.8. The topological polar surface area (TPSA) is 518 Å². The van der Waals surface area contributed by atoms with Crippen LogP contribution in [0.25, 0.3) is 0 Å². The van der Waals surface area contributed by atoms with Crippen LogP contribution in [-0.2, 0) is 104 Å². The minimum Gasteiger partial charge on any atom is -0.748 e. The molecule has 4 heterocycles. The Morgan fingerprint density at radius 3 is 1.27 bits per heavy atom. The van der Waals surface area contributed by atoms with Gasteiger partial charge in [-0.1, -0.05) is 76.2 Å². The Kier molecular flexibility index (Phi) is 28.1. The minimum absolute atomic E-state index is 0.0429. The van der Waals surface area contributed by atoms with Gasteiger partial charge in [-0.05, 0) is 88.6 Å². The van der Waals surface area contributed by atoms with Gasteiger partial charge in [-0.2, -0.15) is 34.4 Å². The minimum atomic E-state index is -4.64. The number of para-hydroxylation sites is 1. The molecular weight excluding hydrogens is 1480 g/mol. The molecule has 0 saturated heterocycles. The molecular formula is C60H72N4O28S8. The van der Waals surface area contributed by atoms with Crippen LogP contribution in [0.15, 0.2) is 132 Å². The van der Waals surface area contributed by atoms with Crippen molar-refractivity contribution < 1.29 is 132 Å². The average Bonchev–Trinajstić information content (AvgIpc) is 1.59. The van der Waals surface area contributed by atoms with Crippen LogP contribution in [-0.4, -0.2) is 195 Å². The van der Waals surface area contributed by atoms with Crippen LogP contribution in [0.5, 0.6) is 0 Å². The van der Waals surface area contributed by atoms with Crippen molar-refractivity contribution in [2.45, 2.75) is 108 Å². The second-order valence-electron chi connectivity index (χ2n) is 24.5. The Morgan fingerprint density at radius 2 is 0.820 bits per heavy atom. The average molecular weight is 1550 g/mol. The quantitative estimate of drug-likeness (QED) is 0.0498. The molecule has 0 amide bonds. The summed E-state index contributed by atoms with van der Waals surface area (Å²) >= 11 is 0. The fraction of sp³-hybridized carbons (Fsp3) is 0.400. The van der Waals surface area contributed by atoms with Crippen molar-refractivity contribution >= 4 is 129 Å². The summed E-state index contributed by atoms with van der Waals surface area (Å²) in [6.45, 7) is 15.9. The molecule has 0 fully saturated rings. The molecule has 8 rings (SSSR count). The molecule has 0 spiro atoms. The van der Waals surface area contributed by atoms with Crippen LogP contribution in [0.4, 0.5) is 22.7 Å². The zero-order valence-electron chi connectivity index (χ0n) is 54.6. The lowest BCUT2D eigenvalue weighted by Gasteiger charge is -2.27. The number of anilines is 2. The molecule has 40 heteroatoms. The number of carboxylic acids is 2. The van der Waals surface area contributed by atoms with E-state index in [1.165, 1.54) is 18.2 Å². The predicted molar refractivity (Wildman–Crippen MR) is 360 cm³/mol. The van der Waals surface area contributed by atoms with Gasteiger partial charge in [-0.15, -0.1) is 37.9 Å². The Balaban J connectivity index is 0.000000366. The third-order valence-electron chi connectivity index (χ3n) is 16.3. The lowest BCUT2D eigenvalue weighted by Crippen LogP contribution is -2.30. The highest BCUT2D eigenvalue weighted by Gasteiger charge is 2.50. The molecule has 100 heavy (non-hydrogen) atoms. The van der Waals surface area contributed by atoms with Gasteiger partial charge in [0.05, 0.1) is 64.8 Å². The second kappa shape index (κ2) is 33.3. The first kappa shape index (κ1) is 84.5. The van der Waals surface area contributed by atoms with Crippen LogP contribution >= 0.6 is 0 Å². The maximum Gasteiger partial charge on any atom is 0.425 e. The van der Waals surface area contributed by atoms with Gasteiger partial charge >= 0.3 is 43.8 Å². The molecule has 0 bridgehead atoms. The lowest BCUT2D eigenvalue weighted by atomic mass is 9.79. The van der Waals surface area contributed by atoms with Crippen LogP contribution in [0, 0.1) is 0 Å². The molecule has 4 aliphatic rings. The Hall–Kier alpha value is -7.87. The Labute approximate surface area is 583 Å². The molecule has 0 atom stereocenters. The van der Waals surface area contributed by atoms with Gasteiger partial charge in [-0.25, -0.2) is 26.4 Å². The summed E-state index contributed by atoms with van der Waals surface area (Å²) in [6, 6.07) is 22.0. The number of hydrogen-bond donors (Lipinski definition) is 5. The van der Waals surface area contributed by atoms with Crippen molar-refractivity contribution in [1.82, 2.24) is 0 Å². The van der Waals surface area contributed by atoms with Crippen molar-refractivity contribution in [3.05, 3.63) is 160 Å². The van der Waals surface area contributed by atoms with Crippen molar-refractivity contribution in [2.75, 3.05) is 59.0 Å². The van der Waals surface area contributed by atoms with Crippen LogP contribution < -0.4 is 9.80 Å². The highest BCUT2D eigenvalue weighted by molar-refractivity contribution is 7.86. The van der Waals surface area contributed by atoms with E-state index in [0.29, 0.717) is 51.7 Å². The predicted octanol–water partition coefficient (Wildman–Crippen LogP) is 4.66. The summed E-state index contributed by atoms with van der Waals surface area (Å²) in [7, 11) is -31.3. The van der Waals surface area contributed by atoms with Crippen molar-refractivity contribution in [3.8, 4) is 0 Å².